The smallest absolute Gasteiger partial charge is 0.272 e. The molecule has 3 aromatic carbocycles. The third-order valence-electron chi connectivity index (χ3n) is 6.08. The summed E-state index contributed by atoms with van der Waals surface area (Å²) in [5.74, 6) is 1.08. The highest BCUT2D eigenvalue weighted by Gasteiger charge is 2.25. The minimum absolute atomic E-state index is 0.159. The summed E-state index contributed by atoms with van der Waals surface area (Å²) in [6.07, 6.45) is 0. The molecule has 7 nitrogen and oxygen atoms in total. The summed E-state index contributed by atoms with van der Waals surface area (Å²) in [6, 6.07) is 22.4. The lowest BCUT2D eigenvalue weighted by molar-refractivity contribution is 0.0722. The number of carbonyl (C=O) groups is 1. The second-order valence-electron chi connectivity index (χ2n) is 9.01. The Morgan fingerprint density at radius 2 is 1.66 bits per heavy atom. The molecule has 0 N–H and O–H groups in total. The fourth-order valence-electron chi connectivity index (χ4n) is 4.03. The first-order valence-corrected chi connectivity index (χ1v) is 12.8. The Kier molecular flexibility index (Phi) is 8.94. The minimum Gasteiger partial charge on any atom is -0.497 e. The van der Waals surface area contributed by atoms with E-state index in [4.69, 9.17) is 37.8 Å². The number of methoxy groups -OCH3 is 2. The van der Waals surface area contributed by atoms with Crippen LogP contribution in [0.25, 0.3) is 16.9 Å². The summed E-state index contributed by atoms with van der Waals surface area (Å²) in [4.78, 5) is 18.0. The molecule has 0 fully saturated rings. The number of halogens is 2. The van der Waals surface area contributed by atoms with E-state index in [1.165, 1.54) is 0 Å². The molecule has 0 saturated carbocycles. The van der Waals surface area contributed by atoms with Crippen LogP contribution in [0.1, 0.15) is 16.1 Å². The minimum atomic E-state index is -0.159. The van der Waals surface area contributed by atoms with Crippen LogP contribution in [0, 0.1) is 0 Å². The van der Waals surface area contributed by atoms with Crippen LogP contribution in [0.3, 0.4) is 0 Å². The Morgan fingerprint density at radius 3 is 2.32 bits per heavy atom. The maximum Gasteiger partial charge on any atom is 0.272 e. The number of amides is 1. The van der Waals surface area contributed by atoms with Crippen molar-refractivity contribution in [1.29, 1.82) is 0 Å². The van der Waals surface area contributed by atoms with E-state index in [1.54, 1.807) is 49.2 Å². The Balaban J connectivity index is 1.83. The standard InChI is InChI=1S/C29H30Cl2N4O3/c1-33(2)14-15-34(19-20-8-6-5-7-9-20)29(36)27-18-26(23-12-11-22(37-3)17-28(23)38-4)32-35(27)21-10-13-24(30)25(31)16-21/h5-13,16-18H,14-15,19H2,1-4H3. The molecule has 0 bridgehead atoms. The predicted octanol–water partition coefficient (Wildman–Crippen LogP) is 6.07. The number of carbonyl (C=O) groups excluding carboxylic acids is 1. The van der Waals surface area contributed by atoms with Gasteiger partial charge in [-0.3, -0.25) is 4.79 Å². The molecule has 0 unspecified atom stereocenters. The summed E-state index contributed by atoms with van der Waals surface area (Å²) in [7, 11) is 7.15. The Hall–Kier alpha value is -3.52. The van der Waals surface area contributed by atoms with Crippen LogP contribution in [0.2, 0.25) is 10.0 Å². The second kappa shape index (κ2) is 12.3. The van der Waals surface area contributed by atoms with E-state index in [1.807, 2.05) is 61.5 Å². The number of hydrogen-bond acceptors (Lipinski definition) is 5. The molecule has 4 aromatic rings. The van der Waals surface area contributed by atoms with Crippen molar-refractivity contribution in [1.82, 2.24) is 19.6 Å². The molecule has 0 atom stereocenters. The molecule has 1 aromatic heterocycles. The normalized spacial score (nSPS) is 11.0. The van der Waals surface area contributed by atoms with Gasteiger partial charge in [0.1, 0.15) is 17.2 Å². The summed E-state index contributed by atoms with van der Waals surface area (Å²) in [5.41, 5.74) is 3.35. The molecule has 198 valence electrons. The van der Waals surface area contributed by atoms with Crippen molar-refractivity contribution in [3.8, 4) is 28.4 Å². The molecule has 0 aliphatic heterocycles. The van der Waals surface area contributed by atoms with Gasteiger partial charge in [-0.05, 0) is 56.1 Å². The van der Waals surface area contributed by atoms with E-state index in [9.17, 15) is 4.79 Å². The molecule has 9 heteroatoms. The van der Waals surface area contributed by atoms with Crippen molar-refractivity contribution in [2.75, 3.05) is 41.4 Å². The lowest BCUT2D eigenvalue weighted by Crippen LogP contribution is -2.37. The number of likely N-dealkylation sites (N-methyl/N-ethyl adjacent to an activating group) is 1. The zero-order chi connectivity index (χ0) is 27.2. The SMILES string of the molecule is COc1ccc(-c2cc(C(=O)N(CCN(C)C)Cc3ccccc3)n(-c3ccc(Cl)c(Cl)c3)n2)c(OC)c1. The Labute approximate surface area is 233 Å². The first-order valence-electron chi connectivity index (χ1n) is 12.1. The fourth-order valence-corrected chi connectivity index (χ4v) is 4.32. The average molecular weight is 553 g/mol. The van der Waals surface area contributed by atoms with E-state index < -0.39 is 0 Å². The van der Waals surface area contributed by atoms with Crippen LogP contribution in [0.5, 0.6) is 11.5 Å². The van der Waals surface area contributed by atoms with Gasteiger partial charge < -0.3 is 19.3 Å². The topological polar surface area (TPSA) is 59.8 Å². The van der Waals surface area contributed by atoms with Gasteiger partial charge in [0.05, 0.1) is 35.6 Å². The summed E-state index contributed by atoms with van der Waals surface area (Å²) in [5, 5.41) is 5.62. The lowest BCUT2D eigenvalue weighted by atomic mass is 10.1. The van der Waals surface area contributed by atoms with Crippen molar-refractivity contribution in [3.63, 3.8) is 0 Å². The molecule has 0 radical (unpaired) electrons. The summed E-state index contributed by atoms with van der Waals surface area (Å²) in [6.45, 7) is 1.70. The van der Waals surface area contributed by atoms with E-state index in [2.05, 4.69) is 4.90 Å². The van der Waals surface area contributed by atoms with Crippen LogP contribution >= 0.6 is 23.2 Å². The van der Waals surface area contributed by atoms with Crippen LogP contribution in [0.15, 0.2) is 72.8 Å². The van der Waals surface area contributed by atoms with Gasteiger partial charge in [-0.2, -0.15) is 5.10 Å². The largest absolute Gasteiger partial charge is 0.497 e. The average Bonchev–Trinajstić information content (AvgIpc) is 3.37. The first-order chi connectivity index (χ1) is 18.3. The van der Waals surface area contributed by atoms with Crippen LogP contribution in [-0.2, 0) is 6.54 Å². The van der Waals surface area contributed by atoms with Gasteiger partial charge in [-0.1, -0.05) is 53.5 Å². The van der Waals surface area contributed by atoms with Crippen molar-refractivity contribution < 1.29 is 14.3 Å². The zero-order valence-electron chi connectivity index (χ0n) is 21.8. The molecule has 1 heterocycles. The third-order valence-corrected chi connectivity index (χ3v) is 6.82. The maximum absolute atomic E-state index is 14.1. The van der Waals surface area contributed by atoms with E-state index in [-0.39, 0.29) is 5.91 Å². The lowest BCUT2D eigenvalue weighted by Gasteiger charge is -2.25. The first kappa shape index (κ1) is 27.5. The molecular weight excluding hydrogens is 523 g/mol. The number of hydrogen-bond donors (Lipinski definition) is 0. The van der Waals surface area contributed by atoms with E-state index in [0.717, 1.165) is 11.1 Å². The highest BCUT2D eigenvalue weighted by molar-refractivity contribution is 6.42. The second-order valence-corrected chi connectivity index (χ2v) is 9.82. The van der Waals surface area contributed by atoms with Gasteiger partial charge >= 0.3 is 0 Å². The van der Waals surface area contributed by atoms with Crippen LogP contribution in [0.4, 0.5) is 0 Å². The quantitative estimate of drug-likeness (QED) is 0.239. The highest BCUT2D eigenvalue weighted by Crippen LogP contribution is 2.34. The monoisotopic (exact) mass is 552 g/mol. The third kappa shape index (κ3) is 6.30. The van der Waals surface area contributed by atoms with E-state index in [0.29, 0.717) is 58.3 Å². The zero-order valence-corrected chi connectivity index (χ0v) is 23.3. The molecule has 0 spiro atoms. The number of rotatable bonds is 10. The maximum atomic E-state index is 14.1. The van der Waals surface area contributed by atoms with Gasteiger partial charge in [0.25, 0.3) is 5.91 Å². The Bertz CT molecular complexity index is 1410. The number of benzene rings is 3. The Morgan fingerprint density at radius 1 is 0.895 bits per heavy atom. The summed E-state index contributed by atoms with van der Waals surface area (Å²) < 4.78 is 12.6. The fraction of sp³-hybridized carbons (Fsp3) is 0.241. The number of aromatic nitrogens is 2. The van der Waals surface area contributed by atoms with Gasteiger partial charge in [-0.25, -0.2) is 4.68 Å². The molecule has 0 saturated heterocycles. The van der Waals surface area contributed by atoms with Crippen molar-refractivity contribution in [2.24, 2.45) is 0 Å². The summed E-state index contributed by atoms with van der Waals surface area (Å²) >= 11 is 12.5. The molecule has 4 rings (SSSR count). The van der Waals surface area contributed by atoms with Crippen molar-refractivity contribution in [2.45, 2.75) is 6.54 Å². The predicted molar refractivity (Wildman–Crippen MR) is 152 cm³/mol. The molecule has 0 aliphatic rings. The van der Waals surface area contributed by atoms with E-state index >= 15 is 0 Å². The molecule has 1 amide bonds. The molecule has 38 heavy (non-hydrogen) atoms. The van der Waals surface area contributed by atoms with Crippen LogP contribution in [-0.4, -0.2) is 66.9 Å². The molecular formula is C29H30Cl2N4O3. The number of ether oxygens (including phenoxy) is 2. The van der Waals surface area contributed by atoms with Crippen molar-refractivity contribution in [3.05, 3.63) is 94.1 Å². The van der Waals surface area contributed by atoms with Gasteiger partial charge in [0, 0.05) is 31.3 Å². The van der Waals surface area contributed by atoms with Gasteiger partial charge in [-0.15, -0.1) is 0 Å². The van der Waals surface area contributed by atoms with Crippen molar-refractivity contribution >= 4 is 29.1 Å². The van der Waals surface area contributed by atoms with Gasteiger partial charge in [0.2, 0.25) is 0 Å². The number of nitrogens with zero attached hydrogens (tertiary/aromatic N) is 4. The van der Waals surface area contributed by atoms with Gasteiger partial charge in [0.15, 0.2) is 0 Å². The van der Waals surface area contributed by atoms with Crippen LogP contribution < -0.4 is 9.47 Å². The highest BCUT2D eigenvalue weighted by atomic mass is 35.5. The molecule has 0 aliphatic carbocycles.